The molecule has 2 fully saturated rings. The molecule has 1 aromatic heterocycles. The smallest absolute Gasteiger partial charge is 0.234 e. The van der Waals surface area contributed by atoms with E-state index in [9.17, 15) is 9.59 Å². The zero-order valence-electron chi connectivity index (χ0n) is 15.9. The summed E-state index contributed by atoms with van der Waals surface area (Å²) in [6.45, 7) is 4.22. The summed E-state index contributed by atoms with van der Waals surface area (Å²) >= 11 is 3.34. The lowest BCUT2D eigenvalue weighted by Gasteiger charge is -2.33. The average Bonchev–Trinajstić information content (AvgIpc) is 2.66. The number of likely N-dealkylation sites (tertiary alicyclic amines) is 1. The van der Waals surface area contributed by atoms with Gasteiger partial charge in [-0.15, -0.1) is 0 Å². The molecule has 0 radical (unpaired) electrons. The van der Waals surface area contributed by atoms with Crippen LogP contribution >= 0.6 is 15.9 Å². The molecule has 1 saturated carbocycles. The molecule has 2 N–H and O–H groups in total. The number of halogens is 1. The first-order valence-corrected chi connectivity index (χ1v) is 10.7. The number of aromatic nitrogens is 1. The minimum atomic E-state index is -0.0203. The standard InChI is InChI=1S/C20H29BrN4O2/c1-14-4-2-3-5-17(14)23-19(26)13-25-10-8-15(9-11-25)20(27)24-18-7-6-16(21)12-22-18/h6-7,12,14-15,17H,2-5,8-11,13H2,1H3,(H,23,26)(H,22,24,27). The summed E-state index contributed by atoms with van der Waals surface area (Å²) < 4.78 is 0.884. The molecule has 2 heterocycles. The Hall–Kier alpha value is -1.47. The number of hydrogen-bond donors (Lipinski definition) is 2. The largest absolute Gasteiger partial charge is 0.352 e. The van der Waals surface area contributed by atoms with Crippen LogP contribution in [0.25, 0.3) is 0 Å². The highest BCUT2D eigenvalue weighted by atomic mass is 79.9. The van der Waals surface area contributed by atoms with Crippen LogP contribution < -0.4 is 10.6 Å². The van der Waals surface area contributed by atoms with Crippen LogP contribution in [0.3, 0.4) is 0 Å². The highest BCUT2D eigenvalue weighted by Gasteiger charge is 2.27. The molecule has 1 aliphatic carbocycles. The van der Waals surface area contributed by atoms with E-state index >= 15 is 0 Å². The molecular weight excluding hydrogens is 408 g/mol. The van der Waals surface area contributed by atoms with Gasteiger partial charge in [0.05, 0.1) is 6.54 Å². The molecule has 2 aliphatic rings. The van der Waals surface area contributed by atoms with Crippen LogP contribution in [0, 0.1) is 11.8 Å². The van der Waals surface area contributed by atoms with Crippen molar-refractivity contribution in [2.75, 3.05) is 25.0 Å². The maximum absolute atomic E-state index is 12.4. The monoisotopic (exact) mass is 436 g/mol. The molecule has 2 unspecified atom stereocenters. The van der Waals surface area contributed by atoms with E-state index in [1.165, 1.54) is 19.3 Å². The van der Waals surface area contributed by atoms with Crippen molar-refractivity contribution in [2.45, 2.75) is 51.5 Å². The van der Waals surface area contributed by atoms with Crippen LogP contribution in [0.2, 0.25) is 0 Å². The van der Waals surface area contributed by atoms with Gasteiger partial charge in [-0.2, -0.15) is 0 Å². The second-order valence-corrected chi connectivity index (χ2v) is 8.75. The number of rotatable bonds is 5. The lowest BCUT2D eigenvalue weighted by molar-refractivity contribution is -0.124. The fraction of sp³-hybridized carbons (Fsp3) is 0.650. The van der Waals surface area contributed by atoms with Gasteiger partial charge in [-0.3, -0.25) is 14.5 Å². The maximum atomic E-state index is 12.4. The number of pyridine rings is 1. The topological polar surface area (TPSA) is 74.3 Å². The minimum absolute atomic E-state index is 0.0185. The van der Waals surface area contributed by atoms with Crippen LogP contribution in [-0.2, 0) is 9.59 Å². The van der Waals surface area contributed by atoms with Crippen molar-refractivity contribution in [1.29, 1.82) is 0 Å². The van der Waals surface area contributed by atoms with Crippen molar-refractivity contribution >= 4 is 33.6 Å². The Morgan fingerprint density at radius 1 is 1.19 bits per heavy atom. The van der Waals surface area contributed by atoms with Gasteiger partial charge in [0.15, 0.2) is 0 Å². The molecule has 27 heavy (non-hydrogen) atoms. The van der Waals surface area contributed by atoms with E-state index in [1.807, 2.05) is 6.07 Å². The van der Waals surface area contributed by atoms with E-state index in [0.717, 1.165) is 36.8 Å². The number of carbonyl (C=O) groups is 2. The number of hydrogen-bond acceptors (Lipinski definition) is 4. The van der Waals surface area contributed by atoms with Crippen molar-refractivity contribution in [3.8, 4) is 0 Å². The van der Waals surface area contributed by atoms with E-state index in [4.69, 9.17) is 0 Å². The molecule has 2 amide bonds. The zero-order chi connectivity index (χ0) is 19.2. The van der Waals surface area contributed by atoms with Gasteiger partial charge < -0.3 is 10.6 Å². The normalized spacial score (nSPS) is 24.4. The van der Waals surface area contributed by atoms with Gasteiger partial charge in [0.25, 0.3) is 0 Å². The van der Waals surface area contributed by atoms with Gasteiger partial charge in [0, 0.05) is 22.6 Å². The Morgan fingerprint density at radius 3 is 2.59 bits per heavy atom. The molecule has 148 valence electrons. The van der Waals surface area contributed by atoms with Crippen molar-refractivity contribution in [3.05, 3.63) is 22.8 Å². The second-order valence-electron chi connectivity index (χ2n) is 7.84. The third-order valence-electron chi connectivity index (χ3n) is 5.76. The van der Waals surface area contributed by atoms with Gasteiger partial charge in [-0.25, -0.2) is 4.98 Å². The number of nitrogens with one attached hydrogen (secondary N) is 2. The van der Waals surface area contributed by atoms with E-state index in [0.29, 0.717) is 24.3 Å². The van der Waals surface area contributed by atoms with E-state index < -0.39 is 0 Å². The summed E-state index contributed by atoms with van der Waals surface area (Å²) in [5, 5.41) is 6.10. The molecule has 3 rings (SSSR count). The second kappa shape index (κ2) is 9.64. The number of carbonyl (C=O) groups excluding carboxylic acids is 2. The van der Waals surface area contributed by atoms with Crippen LogP contribution in [0.15, 0.2) is 22.8 Å². The molecule has 0 bridgehead atoms. The van der Waals surface area contributed by atoms with Gasteiger partial charge in [0.1, 0.15) is 5.82 Å². The summed E-state index contributed by atoms with van der Waals surface area (Å²) in [5.41, 5.74) is 0. The highest BCUT2D eigenvalue weighted by molar-refractivity contribution is 9.10. The Bertz CT molecular complexity index is 644. The summed E-state index contributed by atoms with van der Waals surface area (Å²) in [7, 11) is 0. The third kappa shape index (κ3) is 6.01. The van der Waals surface area contributed by atoms with Gasteiger partial charge in [0.2, 0.25) is 11.8 Å². The molecule has 1 aromatic rings. The van der Waals surface area contributed by atoms with Crippen LogP contribution in [0.1, 0.15) is 45.4 Å². The van der Waals surface area contributed by atoms with Gasteiger partial charge in [-0.1, -0.05) is 19.8 Å². The maximum Gasteiger partial charge on any atom is 0.234 e. The first kappa shape index (κ1) is 20.3. The third-order valence-corrected chi connectivity index (χ3v) is 6.23. The van der Waals surface area contributed by atoms with Crippen molar-refractivity contribution in [2.24, 2.45) is 11.8 Å². The number of anilines is 1. The summed E-state index contributed by atoms with van der Waals surface area (Å²) in [4.78, 5) is 31.1. The Kier molecular flexibility index (Phi) is 7.24. The predicted octanol–water partition coefficient (Wildman–Crippen LogP) is 3.19. The summed E-state index contributed by atoms with van der Waals surface area (Å²) in [5.74, 6) is 1.27. The predicted molar refractivity (Wildman–Crippen MR) is 109 cm³/mol. The van der Waals surface area contributed by atoms with Crippen LogP contribution in [-0.4, -0.2) is 47.4 Å². The molecular formula is C20H29BrN4O2. The fourth-order valence-corrected chi connectivity index (χ4v) is 4.25. The quantitative estimate of drug-likeness (QED) is 0.742. The van der Waals surface area contributed by atoms with E-state index in [1.54, 1.807) is 12.3 Å². The van der Waals surface area contributed by atoms with E-state index in [-0.39, 0.29) is 17.7 Å². The minimum Gasteiger partial charge on any atom is -0.352 e. The number of piperidine rings is 1. The van der Waals surface area contributed by atoms with Crippen molar-refractivity contribution in [1.82, 2.24) is 15.2 Å². The Morgan fingerprint density at radius 2 is 1.93 bits per heavy atom. The molecule has 7 heteroatoms. The first-order chi connectivity index (χ1) is 13.0. The lowest BCUT2D eigenvalue weighted by atomic mass is 9.86. The van der Waals surface area contributed by atoms with Gasteiger partial charge in [-0.05, 0) is 72.8 Å². The van der Waals surface area contributed by atoms with E-state index in [2.05, 4.69) is 43.4 Å². The molecule has 0 aromatic carbocycles. The first-order valence-electron chi connectivity index (χ1n) is 9.95. The molecule has 1 aliphatic heterocycles. The fourth-order valence-electron chi connectivity index (χ4n) is 4.02. The zero-order valence-corrected chi connectivity index (χ0v) is 17.5. The number of amides is 2. The summed E-state index contributed by atoms with van der Waals surface area (Å²) in [6.07, 6.45) is 8.01. The number of nitrogens with zero attached hydrogens (tertiary/aromatic N) is 2. The van der Waals surface area contributed by atoms with Crippen LogP contribution in [0.5, 0.6) is 0 Å². The SMILES string of the molecule is CC1CCCCC1NC(=O)CN1CCC(C(=O)Nc2ccc(Br)cn2)CC1. The van der Waals surface area contributed by atoms with Crippen LogP contribution in [0.4, 0.5) is 5.82 Å². The summed E-state index contributed by atoms with van der Waals surface area (Å²) in [6, 6.07) is 3.97. The Labute approximate surface area is 169 Å². The molecule has 0 spiro atoms. The van der Waals surface area contributed by atoms with Gasteiger partial charge >= 0.3 is 0 Å². The molecule has 6 nitrogen and oxygen atoms in total. The Balaban J connectivity index is 1.39. The molecule has 1 saturated heterocycles. The van der Waals surface area contributed by atoms with Crippen molar-refractivity contribution in [3.63, 3.8) is 0 Å². The highest BCUT2D eigenvalue weighted by Crippen LogP contribution is 2.24. The lowest BCUT2D eigenvalue weighted by Crippen LogP contribution is -2.47. The average molecular weight is 437 g/mol. The van der Waals surface area contributed by atoms with Crippen molar-refractivity contribution < 1.29 is 9.59 Å². The molecule has 2 atom stereocenters.